The third kappa shape index (κ3) is 2.57. The minimum absolute atomic E-state index is 0.0428. The van der Waals surface area contributed by atoms with Gasteiger partial charge in [0, 0.05) is 12.1 Å². The lowest BCUT2D eigenvalue weighted by Gasteiger charge is -2.08. The highest BCUT2D eigenvalue weighted by atomic mass is 19.1. The number of halogens is 1. The highest BCUT2D eigenvalue weighted by Gasteiger charge is 2.18. The summed E-state index contributed by atoms with van der Waals surface area (Å²) in [6.45, 7) is 1.59. The van der Waals surface area contributed by atoms with Crippen molar-refractivity contribution in [2.45, 2.75) is 6.92 Å². The summed E-state index contributed by atoms with van der Waals surface area (Å²) in [6, 6.07) is 2.91. The summed E-state index contributed by atoms with van der Waals surface area (Å²) in [6.07, 6.45) is 1.16. The largest absolute Gasteiger partial charge is 0.431 e. The SMILES string of the molecule is Cc1c(N)ncnc1Oc1cc(F)ccc1[N+](=O)[O-]. The maximum Gasteiger partial charge on any atom is 0.311 e. The van der Waals surface area contributed by atoms with E-state index in [1.165, 1.54) is 0 Å². The van der Waals surface area contributed by atoms with E-state index in [4.69, 9.17) is 10.5 Å². The fraction of sp³-hybridized carbons (Fsp3) is 0.0909. The second-order valence-corrected chi connectivity index (χ2v) is 3.66. The minimum Gasteiger partial charge on any atom is -0.431 e. The van der Waals surface area contributed by atoms with E-state index in [-0.39, 0.29) is 23.1 Å². The molecule has 1 aromatic heterocycles. The molecule has 0 amide bonds. The van der Waals surface area contributed by atoms with Crippen LogP contribution < -0.4 is 10.5 Å². The molecule has 1 aromatic carbocycles. The maximum absolute atomic E-state index is 13.1. The van der Waals surface area contributed by atoms with Gasteiger partial charge >= 0.3 is 5.69 Å². The van der Waals surface area contributed by atoms with Crippen LogP contribution >= 0.6 is 0 Å². The van der Waals surface area contributed by atoms with Crippen LogP contribution in [0.25, 0.3) is 0 Å². The van der Waals surface area contributed by atoms with Gasteiger partial charge in [-0.1, -0.05) is 0 Å². The summed E-state index contributed by atoms with van der Waals surface area (Å²) < 4.78 is 18.4. The minimum atomic E-state index is -0.672. The van der Waals surface area contributed by atoms with Gasteiger partial charge in [-0.25, -0.2) is 14.4 Å². The van der Waals surface area contributed by atoms with Gasteiger partial charge in [0.15, 0.2) is 0 Å². The summed E-state index contributed by atoms with van der Waals surface area (Å²) in [5.41, 5.74) is 5.62. The molecule has 0 atom stereocenters. The molecule has 98 valence electrons. The van der Waals surface area contributed by atoms with Crippen LogP contribution in [0.3, 0.4) is 0 Å². The topological polar surface area (TPSA) is 104 Å². The lowest BCUT2D eigenvalue weighted by molar-refractivity contribution is -0.385. The number of hydrogen-bond acceptors (Lipinski definition) is 6. The van der Waals surface area contributed by atoms with Crippen LogP contribution in [-0.4, -0.2) is 14.9 Å². The first kappa shape index (κ1) is 12.7. The molecule has 0 bridgehead atoms. The van der Waals surface area contributed by atoms with Crippen molar-refractivity contribution in [1.29, 1.82) is 0 Å². The Morgan fingerprint density at radius 1 is 1.42 bits per heavy atom. The quantitative estimate of drug-likeness (QED) is 0.673. The normalized spacial score (nSPS) is 10.2. The number of nitro groups is 1. The number of benzene rings is 1. The number of nitrogens with two attached hydrogens (primary N) is 1. The summed E-state index contributed by atoms with van der Waals surface area (Å²) in [5, 5.41) is 10.8. The molecule has 0 aliphatic carbocycles. The second-order valence-electron chi connectivity index (χ2n) is 3.66. The van der Waals surface area contributed by atoms with E-state index in [1.807, 2.05) is 0 Å². The van der Waals surface area contributed by atoms with Crippen molar-refractivity contribution in [3.63, 3.8) is 0 Å². The molecule has 2 N–H and O–H groups in total. The van der Waals surface area contributed by atoms with Gasteiger partial charge in [0.05, 0.1) is 10.5 Å². The molecule has 0 fully saturated rings. The molecular weight excluding hydrogens is 255 g/mol. The Balaban J connectivity index is 2.45. The molecule has 0 unspecified atom stereocenters. The van der Waals surface area contributed by atoms with Crippen molar-refractivity contribution >= 4 is 11.5 Å². The fourth-order valence-electron chi connectivity index (χ4n) is 1.37. The van der Waals surface area contributed by atoms with Crippen LogP contribution in [0.2, 0.25) is 0 Å². The first-order chi connectivity index (χ1) is 8.99. The summed E-state index contributed by atoms with van der Waals surface area (Å²) in [4.78, 5) is 17.7. The molecule has 0 aliphatic heterocycles. The zero-order valence-corrected chi connectivity index (χ0v) is 9.83. The van der Waals surface area contributed by atoms with Crippen LogP contribution in [-0.2, 0) is 0 Å². The van der Waals surface area contributed by atoms with Crippen LogP contribution in [0.1, 0.15) is 5.56 Å². The van der Waals surface area contributed by atoms with Gasteiger partial charge in [-0.15, -0.1) is 0 Å². The molecule has 7 nitrogen and oxygen atoms in total. The van der Waals surface area contributed by atoms with Gasteiger partial charge in [-0.2, -0.15) is 0 Å². The second kappa shape index (κ2) is 4.84. The predicted molar refractivity (Wildman–Crippen MR) is 64.3 cm³/mol. The number of nitro benzene ring substituents is 1. The van der Waals surface area contributed by atoms with Crippen LogP contribution in [0, 0.1) is 22.9 Å². The number of ether oxygens (including phenoxy) is 1. The number of nitrogens with zero attached hydrogens (tertiary/aromatic N) is 3. The van der Waals surface area contributed by atoms with Gasteiger partial charge in [-0.3, -0.25) is 10.1 Å². The van der Waals surface area contributed by atoms with Crippen molar-refractivity contribution < 1.29 is 14.1 Å². The smallest absolute Gasteiger partial charge is 0.311 e. The number of hydrogen-bond donors (Lipinski definition) is 1. The van der Waals surface area contributed by atoms with Crippen molar-refractivity contribution in [2.75, 3.05) is 5.73 Å². The fourth-order valence-corrected chi connectivity index (χ4v) is 1.37. The van der Waals surface area contributed by atoms with Crippen molar-refractivity contribution in [3.8, 4) is 11.6 Å². The maximum atomic E-state index is 13.1. The zero-order chi connectivity index (χ0) is 14.0. The monoisotopic (exact) mass is 264 g/mol. The van der Waals surface area contributed by atoms with E-state index in [0.29, 0.717) is 5.56 Å². The molecule has 0 saturated carbocycles. The predicted octanol–water partition coefficient (Wildman–Crippen LogP) is 2.21. The number of aromatic nitrogens is 2. The summed E-state index contributed by atoms with van der Waals surface area (Å²) >= 11 is 0. The molecule has 8 heteroatoms. The first-order valence-electron chi connectivity index (χ1n) is 5.18. The van der Waals surface area contributed by atoms with Gasteiger partial charge in [0.1, 0.15) is 18.0 Å². The van der Waals surface area contributed by atoms with Gasteiger partial charge in [-0.05, 0) is 13.0 Å². The third-order valence-electron chi connectivity index (χ3n) is 2.40. The molecule has 0 saturated heterocycles. The van der Waals surface area contributed by atoms with Crippen LogP contribution in [0.15, 0.2) is 24.5 Å². The average Bonchev–Trinajstić information content (AvgIpc) is 2.35. The highest BCUT2D eigenvalue weighted by molar-refractivity contribution is 5.50. The van der Waals surface area contributed by atoms with Gasteiger partial charge < -0.3 is 10.5 Å². The number of rotatable bonds is 3. The third-order valence-corrected chi connectivity index (χ3v) is 2.40. The number of anilines is 1. The molecule has 0 radical (unpaired) electrons. The first-order valence-corrected chi connectivity index (χ1v) is 5.18. The Hall–Kier alpha value is -2.77. The van der Waals surface area contributed by atoms with Crippen LogP contribution in [0.5, 0.6) is 11.6 Å². The highest BCUT2D eigenvalue weighted by Crippen LogP contribution is 2.32. The molecular formula is C11H9FN4O3. The Kier molecular flexibility index (Phi) is 3.23. The van der Waals surface area contributed by atoms with E-state index >= 15 is 0 Å². The molecule has 0 spiro atoms. The molecule has 0 aliphatic rings. The lowest BCUT2D eigenvalue weighted by atomic mass is 10.3. The van der Waals surface area contributed by atoms with E-state index in [0.717, 1.165) is 24.5 Å². The Morgan fingerprint density at radius 2 is 2.16 bits per heavy atom. The van der Waals surface area contributed by atoms with Gasteiger partial charge in [0.25, 0.3) is 0 Å². The van der Waals surface area contributed by atoms with Crippen molar-refractivity contribution in [3.05, 3.63) is 46.0 Å². The lowest BCUT2D eigenvalue weighted by Crippen LogP contribution is -2.00. The summed E-state index contributed by atoms with van der Waals surface area (Å²) in [5.74, 6) is -0.670. The van der Waals surface area contributed by atoms with Crippen molar-refractivity contribution in [1.82, 2.24) is 9.97 Å². The average molecular weight is 264 g/mol. The van der Waals surface area contributed by atoms with Gasteiger partial charge in [0.2, 0.25) is 11.6 Å². The molecule has 1 heterocycles. The van der Waals surface area contributed by atoms with Crippen molar-refractivity contribution in [2.24, 2.45) is 0 Å². The molecule has 2 aromatic rings. The van der Waals surface area contributed by atoms with E-state index in [1.54, 1.807) is 6.92 Å². The van der Waals surface area contributed by atoms with E-state index < -0.39 is 10.7 Å². The van der Waals surface area contributed by atoms with Crippen LogP contribution in [0.4, 0.5) is 15.9 Å². The van der Waals surface area contributed by atoms with E-state index in [9.17, 15) is 14.5 Å². The molecule has 19 heavy (non-hydrogen) atoms. The Morgan fingerprint density at radius 3 is 2.84 bits per heavy atom. The Bertz CT molecular complexity index is 648. The molecule has 2 rings (SSSR count). The number of nitrogen functional groups attached to an aromatic ring is 1. The zero-order valence-electron chi connectivity index (χ0n) is 9.83. The Labute approximate surface area is 107 Å². The standard InChI is InChI=1S/C11H9FN4O3/c1-6-10(13)14-5-15-11(6)19-9-4-7(12)2-3-8(9)16(17)18/h2-5H,1H3,(H2,13,14,15). The summed E-state index contributed by atoms with van der Waals surface area (Å²) in [7, 11) is 0. The van der Waals surface area contributed by atoms with E-state index in [2.05, 4.69) is 9.97 Å².